The molecule has 0 heterocycles. The normalized spacial score (nSPS) is 8.58. The number of amides is 4. The van der Waals surface area contributed by atoms with Gasteiger partial charge < -0.3 is 48.7 Å². The van der Waals surface area contributed by atoms with Crippen LogP contribution in [0.4, 0.5) is 0 Å². The van der Waals surface area contributed by atoms with Crippen molar-refractivity contribution < 1.29 is 41.5 Å². The minimum absolute atomic E-state index is 0.208. The molecule has 0 bridgehead atoms. The van der Waals surface area contributed by atoms with Crippen LogP contribution in [0, 0.1) is 0 Å². The summed E-state index contributed by atoms with van der Waals surface area (Å²) in [7, 11) is 0. The molecule has 0 aliphatic carbocycles. The van der Waals surface area contributed by atoms with Crippen LogP contribution in [0.1, 0.15) is 0 Å². The summed E-state index contributed by atoms with van der Waals surface area (Å²) in [4.78, 5) is 42.8. The summed E-state index contributed by atoms with van der Waals surface area (Å²) in [5, 5.41) is 9.82. The SMILES string of the molecule is NC(=O)C[N-]C(=O)C[N-]C(=O)C[N-]C(=O)C[S-].[O]=[Tc+4]. The Hall–Kier alpha value is -1.32. The van der Waals surface area contributed by atoms with E-state index in [-0.39, 0.29) is 5.75 Å². The molecule has 0 aliphatic heterocycles. The van der Waals surface area contributed by atoms with Gasteiger partial charge in [-0.25, -0.2) is 0 Å². The van der Waals surface area contributed by atoms with E-state index in [1.807, 2.05) is 0 Å². The maximum atomic E-state index is 11.0. The van der Waals surface area contributed by atoms with Gasteiger partial charge in [0.1, 0.15) is 0 Å². The van der Waals surface area contributed by atoms with Gasteiger partial charge in [-0.3, -0.25) is 4.79 Å². The van der Waals surface area contributed by atoms with E-state index in [4.69, 9.17) is 9.24 Å². The molecule has 0 saturated carbocycles. The Morgan fingerprint density at radius 1 is 0.842 bits per heavy atom. The van der Waals surface area contributed by atoms with Crippen molar-refractivity contribution in [3.05, 3.63) is 16.0 Å². The summed E-state index contributed by atoms with van der Waals surface area (Å²) < 4.78 is 8.22. The van der Waals surface area contributed by atoms with Gasteiger partial charge in [0.2, 0.25) is 0 Å². The first-order valence-electron chi connectivity index (χ1n) is 4.58. The number of hydrogen-bond acceptors (Lipinski definition) is 6. The van der Waals surface area contributed by atoms with Gasteiger partial charge >= 0.3 is 22.4 Å². The average molecular weight is 372 g/mol. The molecule has 0 aliphatic rings. The van der Waals surface area contributed by atoms with Crippen molar-refractivity contribution in [2.75, 3.05) is 25.4 Å². The van der Waals surface area contributed by atoms with E-state index in [0.29, 0.717) is 0 Å². The van der Waals surface area contributed by atoms with Gasteiger partial charge in [0.25, 0.3) is 0 Å². The Labute approximate surface area is 125 Å². The van der Waals surface area contributed by atoms with Crippen molar-refractivity contribution in [1.29, 1.82) is 0 Å². The van der Waals surface area contributed by atoms with Gasteiger partial charge in [-0.1, -0.05) is 13.1 Å². The van der Waals surface area contributed by atoms with Gasteiger partial charge in [-0.05, 0) is 6.54 Å². The average Bonchev–Trinajstić information content (AvgIpc) is 2.42. The molecule has 0 aromatic rings. The molecule has 0 unspecified atom stereocenters. The molecule has 0 radical (unpaired) electrons. The van der Waals surface area contributed by atoms with Crippen LogP contribution in [0.3, 0.4) is 0 Å². The summed E-state index contributed by atoms with van der Waals surface area (Å²) >= 11 is 5.29. The third kappa shape index (κ3) is 14.6. The molecule has 0 aromatic heterocycles. The zero-order valence-electron chi connectivity index (χ0n) is 9.57. The van der Waals surface area contributed by atoms with Crippen LogP contribution in [0.25, 0.3) is 16.0 Å². The van der Waals surface area contributed by atoms with E-state index in [9.17, 15) is 19.2 Å². The van der Waals surface area contributed by atoms with Crippen molar-refractivity contribution in [3.8, 4) is 0 Å². The van der Waals surface area contributed by atoms with E-state index in [1.54, 1.807) is 0 Å². The third-order valence-electron chi connectivity index (χ3n) is 1.32. The van der Waals surface area contributed by atoms with Crippen molar-refractivity contribution in [1.82, 2.24) is 0 Å². The van der Waals surface area contributed by atoms with Gasteiger partial charge in [-0.2, -0.15) is 0 Å². The van der Waals surface area contributed by atoms with Crippen LogP contribution in [-0.2, 0) is 54.2 Å². The van der Waals surface area contributed by atoms with Crippen LogP contribution in [0.5, 0.6) is 0 Å². The molecule has 105 valence electrons. The third-order valence-corrected chi connectivity index (χ3v) is 1.56. The van der Waals surface area contributed by atoms with Crippen LogP contribution in [0.2, 0.25) is 0 Å². The number of nitrogens with two attached hydrogens (primary N) is 1. The summed E-state index contributed by atoms with van der Waals surface area (Å²) in [6.07, 6.45) is 0. The van der Waals surface area contributed by atoms with Gasteiger partial charge in [-0.15, -0.1) is 5.75 Å². The van der Waals surface area contributed by atoms with Crippen molar-refractivity contribution in [2.24, 2.45) is 5.73 Å². The topological polar surface area (TPSA) is 154 Å². The molecule has 2 N–H and O–H groups in total. The van der Waals surface area contributed by atoms with E-state index in [2.05, 4.69) is 28.6 Å². The second kappa shape index (κ2) is 13.1. The number of carbonyl (C=O) groups excluding carboxylic acids is 4. The quantitative estimate of drug-likeness (QED) is 0.542. The molecule has 0 saturated heterocycles. The fourth-order valence-corrected chi connectivity index (χ4v) is 0.715. The first-order chi connectivity index (χ1) is 8.95. The maximum absolute atomic E-state index is 11.0. The molecule has 4 amide bonds. The zero-order chi connectivity index (χ0) is 15.3. The standard InChI is InChI=1S/C8H14N4O4S.O.Tc/c9-5(13)1-10-6(14)2-11-7(15)3-12-8(16)4-17;;/h1-4H2,(H6,9,10,11,12,13,14,15,16,17);;/q;;+4/p-4. The van der Waals surface area contributed by atoms with Crippen LogP contribution in [-0.4, -0.2) is 49.0 Å². The zero-order valence-corrected chi connectivity index (χ0v) is 12.2. The molecule has 9 nitrogen and oxygen atoms in total. The van der Waals surface area contributed by atoms with Gasteiger partial charge in [0, 0.05) is 17.7 Å². The fourth-order valence-electron chi connectivity index (χ4n) is 0.623. The molecule has 11 heteroatoms. The molecular formula is C8H10N4O5STc. The van der Waals surface area contributed by atoms with Gasteiger partial charge in [0.05, 0.1) is 0 Å². The molecule has 0 rings (SSSR count). The predicted octanol–water partition coefficient (Wildman–Crippen LogP) is -1.40. The monoisotopic (exact) mass is 371 g/mol. The summed E-state index contributed by atoms with van der Waals surface area (Å²) in [5.74, 6) is -3.03. The molecule has 0 atom stereocenters. The first-order valence-corrected chi connectivity index (χ1v) is 5.92. The first kappa shape index (κ1) is 20.0. The number of hydrogen-bond donors (Lipinski definition) is 1. The Morgan fingerprint density at radius 2 is 1.21 bits per heavy atom. The Morgan fingerprint density at radius 3 is 1.58 bits per heavy atom. The van der Waals surface area contributed by atoms with Crippen molar-refractivity contribution in [2.45, 2.75) is 0 Å². The predicted molar refractivity (Wildman–Crippen MR) is 61.8 cm³/mol. The number of rotatable bonds is 7. The summed E-state index contributed by atoms with van der Waals surface area (Å²) in [5.41, 5.74) is 4.75. The summed E-state index contributed by atoms with van der Waals surface area (Å²) in [6.45, 7) is -1.39. The van der Waals surface area contributed by atoms with E-state index in [1.165, 1.54) is 0 Å². The molecule has 19 heavy (non-hydrogen) atoms. The molecule has 0 spiro atoms. The second-order valence-corrected chi connectivity index (χ2v) is 3.03. The number of carbonyl (C=O) groups is 4. The number of nitrogens with zero attached hydrogens (tertiary/aromatic N) is 3. The van der Waals surface area contributed by atoms with Crippen molar-refractivity contribution >= 4 is 36.3 Å². The summed E-state index contributed by atoms with van der Waals surface area (Å²) in [6, 6.07) is 0. The Bertz CT molecular complexity index is 341. The van der Waals surface area contributed by atoms with Crippen LogP contribution < -0.4 is 5.73 Å². The second-order valence-electron chi connectivity index (χ2n) is 2.74. The van der Waals surface area contributed by atoms with E-state index < -0.39 is 43.3 Å². The molecule has 0 fully saturated rings. The molecular weight excluding hydrogens is 362 g/mol. The van der Waals surface area contributed by atoms with E-state index in [0.717, 1.165) is 18.9 Å². The number of primary amides is 1. The van der Waals surface area contributed by atoms with Crippen LogP contribution >= 0.6 is 0 Å². The Kier molecular flexibility index (Phi) is 13.8. The Balaban J connectivity index is 0. The van der Waals surface area contributed by atoms with Crippen LogP contribution in [0.15, 0.2) is 0 Å². The minimum atomic E-state index is -0.754. The van der Waals surface area contributed by atoms with Gasteiger partial charge in [0.15, 0.2) is 5.91 Å². The fraction of sp³-hybridized carbons (Fsp3) is 0.500. The van der Waals surface area contributed by atoms with Crippen molar-refractivity contribution in [3.63, 3.8) is 0 Å². The molecule has 0 aromatic carbocycles. The van der Waals surface area contributed by atoms with E-state index >= 15 is 0 Å².